The number of aliphatic hydroxyl groups is 1. The fourth-order valence-electron chi connectivity index (χ4n) is 2.54. The van der Waals surface area contributed by atoms with Crippen LogP contribution in [0.3, 0.4) is 0 Å². The van der Waals surface area contributed by atoms with E-state index >= 15 is 0 Å². The molecule has 0 radical (unpaired) electrons. The molecule has 0 saturated carbocycles. The summed E-state index contributed by atoms with van der Waals surface area (Å²) in [6.07, 6.45) is -1.14. The molecule has 3 aromatic rings. The number of nitrogen functional groups attached to an aromatic ring is 1. The molecule has 0 aliphatic carbocycles. The Morgan fingerprint density at radius 1 is 1.20 bits per heavy atom. The number of fused-ring (bicyclic) bond motifs is 1. The van der Waals surface area contributed by atoms with Crippen LogP contribution in [0.2, 0.25) is 0 Å². The Kier molecular flexibility index (Phi) is 5.00. The van der Waals surface area contributed by atoms with Gasteiger partial charge >= 0.3 is 0 Å². The zero-order chi connectivity index (χ0) is 17.8. The Labute approximate surface area is 145 Å². The Hall–Kier alpha value is -2.86. The number of anilines is 2. The van der Waals surface area contributed by atoms with Gasteiger partial charge in [-0.1, -0.05) is 12.1 Å². The van der Waals surface area contributed by atoms with Crippen molar-refractivity contribution in [2.75, 3.05) is 31.4 Å². The van der Waals surface area contributed by atoms with E-state index in [1.165, 1.54) is 0 Å². The molecule has 0 fully saturated rings. The van der Waals surface area contributed by atoms with E-state index in [4.69, 9.17) is 10.5 Å². The van der Waals surface area contributed by atoms with Gasteiger partial charge in [0.1, 0.15) is 25.1 Å². The molecule has 0 aliphatic heterocycles. The number of hydrogen-bond donors (Lipinski definition) is 3. The second-order valence-corrected chi connectivity index (χ2v) is 5.73. The van der Waals surface area contributed by atoms with E-state index in [-0.39, 0.29) is 6.61 Å². The number of benzene rings is 2. The highest BCUT2D eigenvalue weighted by molar-refractivity contribution is 5.84. The SMILES string of the molecule is CNc1ccc(-c2ccc3cc(N)ccc3n2)cc1OCC(O)CF. The smallest absolute Gasteiger partial charge is 0.143 e. The van der Waals surface area contributed by atoms with E-state index in [2.05, 4.69) is 10.3 Å². The summed E-state index contributed by atoms with van der Waals surface area (Å²) in [4.78, 5) is 4.65. The first kappa shape index (κ1) is 17.0. The molecule has 4 N–H and O–H groups in total. The van der Waals surface area contributed by atoms with Gasteiger partial charge in [0.2, 0.25) is 0 Å². The minimum absolute atomic E-state index is 0.112. The van der Waals surface area contributed by atoms with Gasteiger partial charge in [0.15, 0.2) is 0 Å². The molecular formula is C19H20FN3O2. The summed E-state index contributed by atoms with van der Waals surface area (Å²) < 4.78 is 18.0. The average Bonchev–Trinajstić information content (AvgIpc) is 2.65. The number of alkyl halides is 1. The number of pyridine rings is 1. The Morgan fingerprint density at radius 3 is 2.80 bits per heavy atom. The minimum atomic E-state index is -1.14. The van der Waals surface area contributed by atoms with Crippen LogP contribution in [0, 0.1) is 0 Å². The fourth-order valence-corrected chi connectivity index (χ4v) is 2.54. The molecule has 130 valence electrons. The number of nitrogens with two attached hydrogens (primary N) is 1. The average molecular weight is 341 g/mol. The summed E-state index contributed by atoms with van der Waals surface area (Å²) >= 11 is 0. The predicted octanol–water partition coefficient (Wildman–Crippen LogP) is 3.23. The molecule has 6 heteroatoms. The van der Waals surface area contributed by atoms with Gasteiger partial charge in [0.25, 0.3) is 0 Å². The third-order valence-corrected chi connectivity index (χ3v) is 3.87. The maximum absolute atomic E-state index is 12.4. The second-order valence-electron chi connectivity index (χ2n) is 5.73. The first-order valence-electron chi connectivity index (χ1n) is 7.96. The third kappa shape index (κ3) is 3.80. The number of ether oxygens (including phenoxy) is 1. The standard InChI is InChI=1S/C19H20FN3O2/c1-22-18-6-3-13(9-19(18)25-11-15(24)10-20)16-5-2-12-8-14(21)4-7-17(12)23-16/h2-9,15,22,24H,10-11,21H2,1H3. The van der Waals surface area contributed by atoms with Crippen LogP contribution in [0.15, 0.2) is 48.5 Å². The highest BCUT2D eigenvalue weighted by Gasteiger charge is 2.10. The number of halogens is 1. The zero-order valence-electron chi connectivity index (χ0n) is 13.9. The van der Waals surface area contributed by atoms with Crippen LogP contribution in [-0.4, -0.2) is 36.5 Å². The molecule has 3 rings (SSSR count). The molecule has 1 atom stereocenters. The molecule has 1 aromatic heterocycles. The summed E-state index contributed by atoms with van der Waals surface area (Å²) in [5.74, 6) is 0.534. The first-order chi connectivity index (χ1) is 12.1. The van der Waals surface area contributed by atoms with Crippen molar-refractivity contribution < 1.29 is 14.2 Å². The fraction of sp³-hybridized carbons (Fsp3) is 0.211. The van der Waals surface area contributed by atoms with E-state index < -0.39 is 12.8 Å². The summed E-state index contributed by atoms with van der Waals surface area (Å²) in [5, 5.41) is 13.4. The van der Waals surface area contributed by atoms with E-state index in [1.807, 2.05) is 48.5 Å². The number of aromatic nitrogens is 1. The number of hydrogen-bond acceptors (Lipinski definition) is 5. The molecule has 0 bridgehead atoms. The lowest BCUT2D eigenvalue weighted by molar-refractivity contribution is 0.0845. The van der Waals surface area contributed by atoms with E-state index in [0.29, 0.717) is 11.4 Å². The predicted molar refractivity (Wildman–Crippen MR) is 98.6 cm³/mol. The number of aliphatic hydroxyl groups excluding tert-OH is 1. The minimum Gasteiger partial charge on any atom is -0.489 e. The lowest BCUT2D eigenvalue weighted by Gasteiger charge is -2.14. The Bertz CT molecular complexity index is 886. The van der Waals surface area contributed by atoms with Crippen LogP contribution in [-0.2, 0) is 0 Å². The molecule has 25 heavy (non-hydrogen) atoms. The van der Waals surface area contributed by atoms with Crippen molar-refractivity contribution in [1.82, 2.24) is 4.98 Å². The summed E-state index contributed by atoms with van der Waals surface area (Å²) in [6.45, 7) is -0.955. The molecule has 1 unspecified atom stereocenters. The molecule has 0 saturated heterocycles. The molecule has 0 amide bonds. The highest BCUT2D eigenvalue weighted by Crippen LogP contribution is 2.31. The first-order valence-corrected chi connectivity index (χ1v) is 7.96. The Balaban J connectivity index is 1.95. The second kappa shape index (κ2) is 7.36. The molecule has 2 aromatic carbocycles. The quantitative estimate of drug-likeness (QED) is 0.600. The van der Waals surface area contributed by atoms with Crippen molar-refractivity contribution in [3.8, 4) is 17.0 Å². The number of nitrogens with zero attached hydrogens (tertiary/aromatic N) is 1. The third-order valence-electron chi connectivity index (χ3n) is 3.87. The van der Waals surface area contributed by atoms with E-state index in [9.17, 15) is 9.50 Å². The van der Waals surface area contributed by atoms with Gasteiger partial charge in [-0.25, -0.2) is 9.37 Å². The Morgan fingerprint density at radius 2 is 2.04 bits per heavy atom. The van der Waals surface area contributed by atoms with Gasteiger partial charge in [0, 0.05) is 23.7 Å². The zero-order valence-corrected chi connectivity index (χ0v) is 13.9. The van der Waals surface area contributed by atoms with Gasteiger partial charge in [0.05, 0.1) is 16.9 Å². The topological polar surface area (TPSA) is 80.4 Å². The molecular weight excluding hydrogens is 321 g/mol. The van der Waals surface area contributed by atoms with Gasteiger partial charge in [-0.15, -0.1) is 0 Å². The maximum atomic E-state index is 12.4. The van der Waals surface area contributed by atoms with Crippen molar-refractivity contribution >= 4 is 22.3 Å². The highest BCUT2D eigenvalue weighted by atomic mass is 19.1. The normalized spacial score (nSPS) is 12.1. The van der Waals surface area contributed by atoms with Crippen molar-refractivity contribution in [3.63, 3.8) is 0 Å². The van der Waals surface area contributed by atoms with Crippen molar-refractivity contribution in [2.45, 2.75) is 6.10 Å². The molecule has 0 aliphatic rings. The number of nitrogens with one attached hydrogen (secondary N) is 1. The maximum Gasteiger partial charge on any atom is 0.143 e. The van der Waals surface area contributed by atoms with Gasteiger partial charge < -0.3 is 20.9 Å². The van der Waals surface area contributed by atoms with Gasteiger partial charge in [-0.3, -0.25) is 0 Å². The van der Waals surface area contributed by atoms with Crippen molar-refractivity contribution in [2.24, 2.45) is 0 Å². The largest absolute Gasteiger partial charge is 0.489 e. The van der Waals surface area contributed by atoms with E-state index in [0.717, 1.165) is 27.8 Å². The van der Waals surface area contributed by atoms with Crippen molar-refractivity contribution in [3.05, 3.63) is 48.5 Å². The van der Waals surface area contributed by atoms with Crippen molar-refractivity contribution in [1.29, 1.82) is 0 Å². The van der Waals surface area contributed by atoms with Crippen LogP contribution in [0.4, 0.5) is 15.8 Å². The van der Waals surface area contributed by atoms with E-state index in [1.54, 1.807) is 7.05 Å². The van der Waals surface area contributed by atoms with Crippen LogP contribution in [0.1, 0.15) is 0 Å². The van der Waals surface area contributed by atoms with Crippen LogP contribution < -0.4 is 15.8 Å². The van der Waals surface area contributed by atoms with Crippen LogP contribution >= 0.6 is 0 Å². The van der Waals surface area contributed by atoms with Gasteiger partial charge in [-0.2, -0.15) is 0 Å². The van der Waals surface area contributed by atoms with Crippen LogP contribution in [0.25, 0.3) is 22.2 Å². The number of rotatable bonds is 6. The molecule has 1 heterocycles. The van der Waals surface area contributed by atoms with Gasteiger partial charge in [-0.05, 0) is 36.4 Å². The van der Waals surface area contributed by atoms with Crippen LogP contribution in [0.5, 0.6) is 5.75 Å². The molecule has 5 nitrogen and oxygen atoms in total. The lowest BCUT2D eigenvalue weighted by Crippen LogP contribution is -2.19. The molecule has 0 spiro atoms. The monoisotopic (exact) mass is 341 g/mol. The lowest BCUT2D eigenvalue weighted by atomic mass is 10.1. The summed E-state index contributed by atoms with van der Waals surface area (Å²) in [5.41, 5.74) is 9.74. The summed E-state index contributed by atoms with van der Waals surface area (Å²) in [7, 11) is 1.77. The summed E-state index contributed by atoms with van der Waals surface area (Å²) in [6, 6.07) is 15.1.